The lowest BCUT2D eigenvalue weighted by Gasteiger charge is -2.13. The Morgan fingerprint density at radius 1 is 0.833 bits per heavy atom. The Balaban J connectivity index is 0.00000237. The van der Waals surface area contributed by atoms with E-state index < -0.39 is 58.2 Å². The molecule has 0 aliphatic heterocycles. The first kappa shape index (κ1) is 31.9. The van der Waals surface area contributed by atoms with Crippen LogP contribution >= 0.6 is 0 Å². The minimum atomic E-state index is -4.56. The van der Waals surface area contributed by atoms with E-state index in [1.54, 1.807) is 30.3 Å². The SMILES string of the molecule is CC.Cc1cc(C(=O)Oc2c(F)c(F)c(C(=O)NCc3ccccc3)c(F)c2F)c(C)n1-c1ccc(C(F)(F)F)cc1. The highest BCUT2D eigenvalue weighted by molar-refractivity contribution is 5.96. The molecule has 0 saturated carbocycles. The number of amides is 1. The van der Waals surface area contributed by atoms with Gasteiger partial charge in [-0.25, -0.2) is 13.6 Å². The van der Waals surface area contributed by atoms with Gasteiger partial charge in [0.05, 0.1) is 11.1 Å². The summed E-state index contributed by atoms with van der Waals surface area (Å²) in [6.45, 7) is 6.70. The molecule has 4 aromatic rings. The number of carbonyl (C=O) groups excluding carboxylic acids is 2. The molecular weight excluding hydrogens is 569 g/mol. The molecule has 0 fully saturated rings. The Labute approximate surface area is 236 Å². The summed E-state index contributed by atoms with van der Waals surface area (Å²) in [7, 11) is 0. The van der Waals surface area contributed by atoms with Crippen molar-refractivity contribution in [2.75, 3.05) is 0 Å². The number of hydrogen-bond donors (Lipinski definition) is 1. The Morgan fingerprint density at radius 2 is 1.38 bits per heavy atom. The van der Waals surface area contributed by atoms with E-state index in [0.717, 1.165) is 24.3 Å². The number of aryl methyl sites for hydroxylation is 1. The lowest BCUT2D eigenvalue weighted by atomic mass is 10.1. The van der Waals surface area contributed by atoms with E-state index in [1.165, 1.54) is 24.5 Å². The topological polar surface area (TPSA) is 60.3 Å². The van der Waals surface area contributed by atoms with Crippen LogP contribution in [0.25, 0.3) is 5.69 Å². The molecule has 0 atom stereocenters. The maximum absolute atomic E-state index is 14.8. The number of carbonyl (C=O) groups is 2. The summed E-state index contributed by atoms with van der Waals surface area (Å²) in [5, 5.41) is 2.16. The highest BCUT2D eigenvalue weighted by Gasteiger charge is 2.33. The molecule has 0 unspecified atom stereocenters. The van der Waals surface area contributed by atoms with Crippen molar-refractivity contribution >= 4 is 11.9 Å². The molecule has 222 valence electrons. The molecule has 0 aliphatic rings. The molecule has 1 N–H and O–H groups in total. The largest absolute Gasteiger partial charge is 0.416 e. The minimum absolute atomic E-state index is 0.112. The first-order chi connectivity index (χ1) is 19.8. The van der Waals surface area contributed by atoms with Crippen molar-refractivity contribution in [3.8, 4) is 11.4 Å². The molecule has 1 heterocycles. The summed E-state index contributed by atoms with van der Waals surface area (Å²) >= 11 is 0. The maximum atomic E-state index is 14.8. The van der Waals surface area contributed by atoms with Crippen LogP contribution in [0.15, 0.2) is 60.7 Å². The third-order valence-electron chi connectivity index (χ3n) is 6.04. The molecule has 0 spiro atoms. The standard InChI is InChI=1S/C28H19F7N2O3.C2H6/c1-14-12-19(15(2)37(14)18-10-8-17(9-11-18)28(33,34)35)27(39)40-25-23(31)21(29)20(22(30)24(25)32)26(38)36-13-16-6-4-3-5-7-16;1-2/h3-12H,13H2,1-2H3,(H,36,38);1-2H3. The second-order valence-corrected chi connectivity index (χ2v) is 8.68. The summed E-state index contributed by atoms with van der Waals surface area (Å²) in [4.78, 5) is 25.1. The van der Waals surface area contributed by atoms with Crippen LogP contribution in [0.1, 0.15) is 57.1 Å². The van der Waals surface area contributed by atoms with Gasteiger partial charge in [0.2, 0.25) is 17.4 Å². The minimum Gasteiger partial charge on any atom is -0.416 e. The van der Waals surface area contributed by atoms with Gasteiger partial charge in [-0.05, 0) is 49.7 Å². The number of alkyl halides is 3. The first-order valence-corrected chi connectivity index (χ1v) is 12.6. The molecule has 0 aliphatic carbocycles. The Bertz CT molecular complexity index is 1570. The van der Waals surface area contributed by atoms with Crippen LogP contribution in [0.5, 0.6) is 5.75 Å². The smallest absolute Gasteiger partial charge is 0.416 e. The highest BCUT2D eigenvalue weighted by atomic mass is 19.4. The Hall–Kier alpha value is -4.61. The normalized spacial score (nSPS) is 11.0. The van der Waals surface area contributed by atoms with Crippen LogP contribution in [0.4, 0.5) is 30.7 Å². The molecule has 1 aromatic heterocycles. The molecule has 0 bridgehead atoms. The van der Waals surface area contributed by atoms with E-state index in [1.807, 2.05) is 13.8 Å². The van der Waals surface area contributed by atoms with Gasteiger partial charge >= 0.3 is 12.1 Å². The van der Waals surface area contributed by atoms with Gasteiger partial charge in [0, 0.05) is 23.6 Å². The van der Waals surface area contributed by atoms with E-state index in [2.05, 4.69) is 10.1 Å². The lowest BCUT2D eigenvalue weighted by molar-refractivity contribution is -0.137. The summed E-state index contributed by atoms with van der Waals surface area (Å²) in [6.07, 6.45) is -4.56. The van der Waals surface area contributed by atoms with Gasteiger partial charge in [0.1, 0.15) is 5.56 Å². The maximum Gasteiger partial charge on any atom is 0.416 e. The van der Waals surface area contributed by atoms with Gasteiger partial charge in [-0.15, -0.1) is 0 Å². The highest BCUT2D eigenvalue weighted by Crippen LogP contribution is 2.33. The van der Waals surface area contributed by atoms with Crippen LogP contribution in [-0.2, 0) is 12.7 Å². The zero-order valence-corrected chi connectivity index (χ0v) is 22.8. The summed E-state index contributed by atoms with van der Waals surface area (Å²) in [5.41, 5.74) is -1.47. The van der Waals surface area contributed by atoms with E-state index in [9.17, 15) is 40.3 Å². The number of ether oxygens (including phenoxy) is 1. The molecule has 42 heavy (non-hydrogen) atoms. The number of hydrogen-bond acceptors (Lipinski definition) is 3. The van der Waals surface area contributed by atoms with Crippen LogP contribution in [0.2, 0.25) is 0 Å². The van der Waals surface area contributed by atoms with Gasteiger partial charge in [-0.3, -0.25) is 4.79 Å². The third-order valence-corrected chi connectivity index (χ3v) is 6.04. The summed E-state index contributed by atoms with van der Waals surface area (Å²) < 4.78 is 104. The fraction of sp³-hybridized carbons (Fsp3) is 0.200. The zero-order valence-electron chi connectivity index (χ0n) is 22.8. The van der Waals surface area contributed by atoms with E-state index in [0.29, 0.717) is 11.3 Å². The van der Waals surface area contributed by atoms with Crippen LogP contribution in [0.3, 0.4) is 0 Å². The van der Waals surface area contributed by atoms with Gasteiger partial charge in [-0.1, -0.05) is 44.2 Å². The third kappa shape index (κ3) is 6.48. The summed E-state index contributed by atoms with van der Waals surface area (Å²) in [5.74, 6) is -12.9. The van der Waals surface area contributed by atoms with Crippen LogP contribution in [0, 0.1) is 37.1 Å². The number of benzene rings is 3. The molecule has 3 aromatic carbocycles. The van der Waals surface area contributed by atoms with Gasteiger partial charge in [0.25, 0.3) is 5.91 Å². The van der Waals surface area contributed by atoms with Crippen molar-refractivity contribution in [1.82, 2.24) is 9.88 Å². The molecule has 1 amide bonds. The second-order valence-electron chi connectivity index (χ2n) is 8.68. The molecule has 5 nitrogen and oxygen atoms in total. The number of halogens is 7. The molecule has 4 rings (SSSR count). The number of rotatable bonds is 6. The Morgan fingerprint density at radius 3 is 1.90 bits per heavy atom. The summed E-state index contributed by atoms with van der Waals surface area (Å²) in [6, 6.07) is 13.4. The first-order valence-electron chi connectivity index (χ1n) is 12.6. The fourth-order valence-electron chi connectivity index (χ4n) is 4.08. The number of nitrogens with one attached hydrogen (secondary N) is 1. The van der Waals surface area contributed by atoms with E-state index in [-0.39, 0.29) is 23.5 Å². The van der Waals surface area contributed by atoms with Crippen LogP contribution < -0.4 is 10.1 Å². The quantitative estimate of drug-likeness (QED) is 0.107. The predicted octanol–water partition coefficient (Wildman–Crippen LogP) is 7.84. The van der Waals surface area contributed by atoms with E-state index >= 15 is 0 Å². The van der Waals surface area contributed by atoms with Crippen molar-refractivity contribution in [2.45, 2.75) is 40.4 Å². The monoisotopic (exact) mass is 594 g/mol. The number of nitrogens with zero attached hydrogens (tertiary/aromatic N) is 1. The Kier molecular flexibility index (Phi) is 9.82. The van der Waals surface area contributed by atoms with Crippen molar-refractivity contribution in [2.24, 2.45) is 0 Å². The molecule has 0 saturated heterocycles. The zero-order chi connectivity index (χ0) is 31.4. The van der Waals surface area contributed by atoms with Crippen molar-refractivity contribution < 1.29 is 45.1 Å². The van der Waals surface area contributed by atoms with Gasteiger partial charge in [0.15, 0.2) is 11.6 Å². The number of esters is 1. The van der Waals surface area contributed by atoms with E-state index in [4.69, 9.17) is 0 Å². The number of aromatic nitrogens is 1. The van der Waals surface area contributed by atoms with Crippen molar-refractivity contribution in [3.05, 3.63) is 118 Å². The fourth-order valence-corrected chi connectivity index (χ4v) is 4.08. The molecule has 12 heteroatoms. The van der Waals surface area contributed by atoms with Crippen LogP contribution in [-0.4, -0.2) is 16.4 Å². The predicted molar refractivity (Wildman–Crippen MR) is 140 cm³/mol. The van der Waals surface area contributed by atoms with Gasteiger partial charge < -0.3 is 14.6 Å². The average Bonchev–Trinajstić information content (AvgIpc) is 3.27. The van der Waals surface area contributed by atoms with Crippen molar-refractivity contribution in [3.63, 3.8) is 0 Å². The molecule has 0 radical (unpaired) electrons. The van der Waals surface area contributed by atoms with Crippen molar-refractivity contribution in [1.29, 1.82) is 0 Å². The lowest BCUT2D eigenvalue weighted by Crippen LogP contribution is -2.26. The molecular formula is C30H25F7N2O3. The average molecular weight is 595 g/mol. The second kappa shape index (κ2) is 12.9. The van der Waals surface area contributed by atoms with Gasteiger partial charge in [-0.2, -0.15) is 22.0 Å².